The van der Waals surface area contributed by atoms with Gasteiger partial charge in [0.05, 0.1) is 0 Å². The van der Waals surface area contributed by atoms with Crippen LogP contribution in [0.5, 0.6) is 0 Å². The van der Waals surface area contributed by atoms with Gasteiger partial charge in [0.25, 0.3) is 0 Å². The van der Waals surface area contributed by atoms with Crippen molar-refractivity contribution in [3.63, 3.8) is 0 Å². The quantitative estimate of drug-likeness (QED) is 0.657. The van der Waals surface area contributed by atoms with Crippen molar-refractivity contribution in [1.29, 1.82) is 0 Å². The minimum Gasteiger partial charge on any atom is -0.144 e. The lowest BCUT2D eigenvalue weighted by molar-refractivity contribution is 0.714. The molecule has 1 aromatic rings. The average molecular weight is 156 g/mol. The number of hydrogen-bond acceptors (Lipinski definition) is 3. The molecule has 56 valence electrons. The summed E-state index contributed by atoms with van der Waals surface area (Å²) >= 11 is 1.70. The molecular formula is C7H12N2S. The minimum absolute atomic E-state index is 0.575. The Labute approximate surface area is 65.3 Å². The Morgan fingerprint density at radius 1 is 1.50 bits per heavy atom. The lowest BCUT2D eigenvalue weighted by Crippen LogP contribution is -1.88. The van der Waals surface area contributed by atoms with Crippen molar-refractivity contribution in [3.8, 4) is 0 Å². The van der Waals surface area contributed by atoms with Crippen LogP contribution in [0.1, 0.15) is 36.2 Å². The van der Waals surface area contributed by atoms with Crippen LogP contribution in [-0.4, -0.2) is 10.2 Å². The molecule has 0 aliphatic heterocycles. The first-order chi connectivity index (χ1) is 4.74. The number of nitrogens with zero attached hydrogens (tertiary/aromatic N) is 2. The van der Waals surface area contributed by atoms with Crippen LogP contribution in [0.15, 0.2) is 0 Å². The molecule has 2 nitrogen and oxygen atoms in total. The predicted octanol–water partition coefficient (Wildman–Crippen LogP) is 2.36. The van der Waals surface area contributed by atoms with Crippen molar-refractivity contribution in [2.45, 2.75) is 33.1 Å². The fraction of sp³-hybridized carbons (Fsp3) is 0.714. The monoisotopic (exact) mass is 156 g/mol. The number of aromatic nitrogens is 2. The molecule has 0 fully saturated rings. The smallest absolute Gasteiger partial charge is 0.120 e. The van der Waals surface area contributed by atoms with E-state index in [2.05, 4.69) is 24.0 Å². The molecule has 1 rings (SSSR count). The van der Waals surface area contributed by atoms with Gasteiger partial charge in [0.2, 0.25) is 0 Å². The highest BCUT2D eigenvalue weighted by Crippen LogP contribution is 2.21. The highest BCUT2D eigenvalue weighted by Gasteiger charge is 2.06. The summed E-state index contributed by atoms with van der Waals surface area (Å²) in [5.74, 6) is 0.575. The van der Waals surface area contributed by atoms with E-state index in [4.69, 9.17) is 0 Å². The Morgan fingerprint density at radius 2 is 2.20 bits per heavy atom. The molecule has 0 saturated heterocycles. The van der Waals surface area contributed by atoms with Gasteiger partial charge in [-0.2, -0.15) is 0 Å². The van der Waals surface area contributed by atoms with Crippen LogP contribution in [0.2, 0.25) is 0 Å². The molecule has 1 heterocycles. The Hall–Kier alpha value is -0.440. The van der Waals surface area contributed by atoms with Gasteiger partial charge < -0.3 is 0 Å². The first-order valence-electron chi connectivity index (χ1n) is 3.54. The minimum atomic E-state index is 0.575. The summed E-state index contributed by atoms with van der Waals surface area (Å²) in [6.45, 7) is 6.34. The van der Waals surface area contributed by atoms with Crippen LogP contribution in [-0.2, 0) is 0 Å². The first kappa shape index (κ1) is 7.66. The zero-order chi connectivity index (χ0) is 7.56. The van der Waals surface area contributed by atoms with E-state index in [-0.39, 0.29) is 0 Å². The van der Waals surface area contributed by atoms with Crippen molar-refractivity contribution < 1.29 is 0 Å². The fourth-order valence-electron chi connectivity index (χ4n) is 0.686. The lowest BCUT2D eigenvalue weighted by atomic mass is 10.1. The van der Waals surface area contributed by atoms with E-state index >= 15 is 0 Å². The maximum absolute atomic E-state index is 4.06. The second-order valence-corrected chi connectivity index (χ2v) is 3.68. The average Bonchev–Trinajstić information content (AvgIpc) is 2.34. The van der Waals surface area contributed by atoms with Crippen molar-refractivity contribution in [1.82, 2.24) is 10.2 Å². The molecule has 1 aromatic heterocycles. The van der Waals surface area contributed by atoms with Gasteiger partial charge in [0.1, 0.15) is 10.0 Å². The van der Waals surface area contributed by atoms with Crippen molar-refractivity contribution in [3.05, 3.63) is 10.0 Å². The molecule has 0 spiro atoms. The molecule has 0 radical (unpaired) electrons. The summed E-state index contributed by atoms with van der Waals surface area (Å²) in [5, 5.41) is 10.2. The summed E-state index contributed by atoms with van der Waals surface area (Å²) in [6.07, 6.45) is 1.15. The Kier molecular flexibility index (Phi) is 2.38. The number of aryl methyl sites for hydroxylation is 1. The van der Waals surface area contributed by atoms with Gasteiger partial charge in [0.15, 0.2) is 0 Å². The standard InChI is InChI=1S/C7H12N2S/c1-4-5(2)7-9-8-6(3)10-7/h5H,4H2,1-3H3/t5-/m0/s1. The molecule has 1 atom stereocenters. The summed E-state index contributed by atoms with van der Waals surface area (Å²) in [5.41, 5.74) is 0. The molecule has 0 aromatic carbocycles. The summed E-state index contributed by atoms with van der Waals surface area (Å²) in [7, 11) is 0. The van der Waals surface area contributed by atoms with Gasteiger partial charge in [-0.3, -0.25) is 0 Å². The molecule has 0 amide bonds. The Morgan fingerprint density at radius 3 is 2.60 bits per heavy atom. The van der Waals surface area contributed by atoms with Crippen LogP contribution >= 0.6 is 11.3 Å². The van der Waals surface area contributed by atoms with E-state index in [1.165, 1.54) is 5.01 Å². The highest BCUT2D eigenvalue weighted by atomic mass is 32.1. The highest BCUT2D eigenvalue weighted by molar-refractivity contribution is 7.11. The molecule has 3 heteroatoms. The van der Waals surface area contributed by atoms with E-state index in [1.54, 1.807) is 11.3 Å². The Bertz CT molecular complexity index is 207. The predicted molar refractivity (Wildman–Crippen MR) is 43.4 cm³/mol. The third kappa shape index (κ3) is 1.53. The zero-order valence-electron chi connectivity index (χ0n) is 6.59. The van der Waals surface area contributed by atoms with Crippen molar-refractivity contribution >= 4 is 11.3 Å². The van der Waals surface area contributed by atoms with Gasteiger partial charge >= 0.3 is 0 Å². The normalized spacial score (nSPS) is 13.5. The van der Waals surface area contributed by atoms with Gasteiger partial charge in [-0.15, -0.1) is 21.5 Å². The van der Waals surface area contributed by atoms with Gasteiger partial charge in [-0.25, -0.2) is 0 Å². The third-order valence-electron chi connectivity index (χ3n) is 1.58. The van der Waals surface area contributed by atoms with E-state index in [0.717, 1.165) is 11.4 Å². The number of rotatable bonds is 2. The number of hydrogen-bond donors (Lipinski definition) is 0. The van der Waals surface area contributed by atoms with Crippen LogP contribution in [0, 0.1) is 6.92 Å². The second-order valence-electron chi connectivity index (χ2n) is 2.47. The lowest BCUT2D eigenvalue weighted by Gasteiger charge is -1.99. The largest absolute Gasteiger partial charge is 0.144 e. The van der Waals surface area contributed by atoms with E-state index in [9.17, 15) is 0 Å². The zero-order valence-corrected chi connectivity index (χ0v) is 7.40. The summed E-state index contributed by atoms with van der Waals surface area (Å²) in [6, 6.07) is 0. The second kappa shape index (κ2) is 3.10. The molecular weight excluding hydrogens is 144 g/mol. The third-order valence-corrected chi connectivity index (χ3v) is 2.65. The van der Waals surface area contributed by atoms with E-state index in [1.807, 2.05) is 6.92 Å². The van der Waals surface area contributed by atoms with Crippen LogP contribution in [0.4, 0.5) is 0 Å². The maximum atomic E-state index is 4.06. The molecule has 0 saturated carbocycles. The van der Waals surface area contributed by atoms with Crippen LogP contribution in [0.3, 0.4) is 0 Å². The van der Waals surface area contributed by atoms with E-state index in [0.29, 0.717) is 5.92 Å². The molecule has 0 bridgehead atoms. The van der Waals surface area contributed by atoms with Crippen molar-refractivity contribution in [2.24, 2.45) is 0 Å². The molecule has 0 aliphatic carbocycles. The Balaban J connectivity index is 2.74. The fourth-order valence-corrected chi connectivity index (χ4v) is 1.52. The van der Waals surface area contributed by atoms with Crippen molar-refractivity contribution in [2.75, 3.05) is 0 Å². The maximum Gasteiger partial charge on any atom is 0.120 e. The molecule has 0 unspecified atom stereocenters. The van der Waals surface area contributed by atoms with Gasteiger partial charge in [-0.05, 0) is 13.3 Å². The molecule has 0 aliphatic rings. The topological polar surface area (TPSA) is 25.8 Å². The van der Waals surface area contributed by atoms with Gasteiger partial charge in [-0.1, -0.05) is 13.8 Å². The van der Waals surface area contributed by atoms with Gasteiger partial charge in [0, 0.05) is 5.92 Å². The summed E-state index contributed by atoms with van der Waals surface area (Å²) in [4.78, 5) is 0. The van der Waals surface area contributed by atoms with E-state index < -0.39 is 0 Å². The molecule has 10 heavy (non-hydrogen) atoms. The first-order valence-corrected chi connectivity index (χ1v) is 4.35. The molecule has 0 N–H and O–H groups in total. The SMILES string of the molecule is CC[C@H](C)c1nnc(C)s1. The van der Waals surface area contributed by atoms with Crippen LogP contribution in [0.25, 0.3) is 0 Å². The van der Waals surface area contributed by atoms with Crippen LogP contribution < -0.4 is 0 Å². The summed E-state index contributed by atoms with van der Waals surface area (Å²) < 4.78 is 0.